The molecule has 13 heavy (non-hydrogen) atoms. The van der Waals surface area contributed by atoms with Gasteiger partial charge in [0, 0.05) is 18.7 Å². The van der Waals surface area contributed by atoms with Crippen molar-refractivity contribution in [2.75, 3.05) is 19.7 Å². The molecule has 0 aromatic heterocycles. The van der Waals surface area contributed by atoms with E-state index in [0.29, 0.717) is 18.1 Å². The molecule has 1 fully saturated rings. The number of likely N-dealkylation sites (tertiary alicyclic amines) is 1. The van der Waals surface area contributed by atoms with E-state index in [1.807, 2.05) is 13.8 Å². The Bertz CT molecular complexity index is 134. The van der Waals surface area contributed by atoms with E-state index in [0.717, 1.165) is 19.5 Å². The van der Waals surface area contributed by atoms with Crippen molar-refractivity contribution in [2.24, 2.45) is 5.92 Å². The molecule has 0 amide bonds. The van der Waals surface area contributed by atoms with Gasteiger partial charge in [-0.1, -0.05) is 20.8 Å². The van der Waals surface area contributed by atoms with Gasteiger partial charge in [0.05, 0.1) is 0 Å². The van der Waals surface area contributed by atoms with Crippen LogP contribution in [0.3, 0.4) is 0 Å². The highest BCUT2D eigenvalue weighted by atomic mass is 16.3. The predicted octanol–water partition coefficient (Wildman–Crippen LogP) is 2.13. The van der Waals surface area contributed by atoms with Gasteiger partial charge in [-0.2, -0.15) is 0 Å². The molecule has 0 saturated carbocycles. The van der Waals surface area contributed by atoms with Crippen LogP contribution in [-0.4, -0.2) is 35.2 Å². The number of aliphatic hydroxyl groups is 1. The summed E-state index contributed by atoms with van der Waals surface area (Å²) in [5.74, 6) is 0.505. The van der Waals surface area contributed by atoms with E-state index in [1.54, 1.807) is 0 Å². The average Bonchev–Trinajstić information content (AvgIpc) is 2.43. The van der Waals surface area contributed by atoms with Gasteiger partial charge in [-0.25, -0.2) is 0 Å². The molecule has 1 N–H and O–H groups in total. The van der Waals surface area contributed by atoms with E-state index in [-0.39, 0.29) is 0 Å². The molecule has 0 aromatic rings. The van der Waals surface area contributed by atoms with Crippen molar-refractivity contribution in [3.05, 3.63) is 0 Å². The van der Waals surface area contributed by atoms with Crippen molar-refractivity contribution < 1.29 is 5.11 Å². The standard InChI is InChI=1S/C9H19NO.C2H6/c1-4-10-6-8(7-11)5-9(10,2)3;1-2/h8,11H,4-7H2,1-3H3;1-2H3. The first-order valence-corrected chi connectivity index (χ1v) is 5.46. The van der Waals surface area contributed by atoms with Crippen LogP contribution in [0.2, 0.25) is 0 Å². The molecule has 1 atom stereocenters. The summed E-state index contributed by atoms with van der Waals surface area (Å²) in [4.78, 5) is 2.44. The van der Waals surface area contributed by atoms with Crippen LogP contribution in [0.4, 0.5) is 0 Å². The number of aliphatic hydroxyl groups excluding tert-OH is 1. The molecule has 0 bridgehead atoms. The summed E-state index contributed by atoms with van der Waals surface area (Å²) < 4.78 is 0. The van der Waals surface area contributed by atoms with E-state index >= 15 is 0 Å². The third kappa shape index (κ3) is 3.28. The van der Waals surface area contributed by atoms with Crippen molar-refractivity contribution in [1.29, 1.82) is 0 Å². The second-order valence-electron chi connectivity index (χ2n) is 4.10. The SMILES string of the molecule is CC.CCN1CC(CO)CC1(C)C. The minimum Gasteiger partial charge on any atom is -0.396 e. The molecule has 1 saturated heterocycles. The van der Waals surface area contributed by atoms with Gasteiger partial charge in [0.2, 0.25) is 0 Å². The quantitative estimate of drug-likeness (QED) is 0.716. The lowest BCUT2D eigenvalue weighted by Crippen LogP contribution is -2.37. The molecule has 0 spiro atoms. The lowest BCUT2D eigenvalue weighted by Gasteiger charge is -2.29. The fourth-order valence-corrected chi connectivity index (χ4v) is 2.14. The van der Waals surface area contributed by atoms with Gasteiger partial charge in [0.1, 0.15) is 0 Å². The van der Waals surface area contributed by atoms with Gasteiger partial charge in [0.25, 0.3) is 0 Å². The Morgan fingerprint density at radius 3 is 2.15 bits per heavy atom. The molecule has 1 rings (SSSR count). The second kappa shape index (κ2) is 5.61. The van der Waals surface area contributed by atoms with Crippen LogP contribution in [0.25, 0.3) is 0 Å². The van der Waals surface area contributed by atoms with Gasteiger partial charge < -0.3 is 5.11 Å². The van der Waals surface area contributed by atoms with Crippen LogP contribution in [0.1, 0.15) is 41.0 Å². The smallest absolute Gasteiger partial charge is 0.0472 e. The molecule has 1 unspecified atom stereocenters. The first kappa shape index (κ1) is 12.9. The Morgan fingerprint density at radius 1 is 1.38 bits per heavy atom. The summed E-state index contributed by atoms with van der Waals surface area (Å²) in [6.45, 7) is 13.2. The van der Waals surface area contributed by atoms with Gasteiger partial charge in [0.15, 0.2) is 0 Å². The van der Waals surface area contributed by atoms with Crippen molar-refractivity contribution >= 4 is 0 Å². The summed E-state index contributed by atoms with van der Waals surface area (Å²) in [6.07, 6.45) is 1.14. The fourth-order valence-electron chi connectivity index (χ4n) is 2.14. The summed E-state index contributed by atoms with van der Waals surface area (Å²) in [6, 6.07) is 0. The zero-order valence-corrected chi connectivity index (χ0v) is 9.80. The molecule has 1 aliphatic rings. The molecule has 2 nitrogen and oxygen atoms in total. The Morgan fingerprint density at radius 2 is 1.92 bits per heavy atom. The van der Waals surface area contributed by atoms with E-state index in [1.165, 1.54) is 0 Å². The lowest BCUT2D eigenvalue weighted by molar-refractivity contribution is 0.182. The topological polar surface area (TPSA) is 23.5 Å². The third-order valence-electron chi connectivity index (χ3n) is 2.76. The average molecular weight is 187 g/mol. The van der Waals surface area contributed by atoms with Crippen LogP contribution < -0.4 is 0 Å². The largest absolute Gasteiger partial charge is 0.396 e. The first-order valence-electron chi connectivity index (χ1n) is 5.46. The fraction of sp³-hybridized carbons (Fsp3) is 1.00. The van der Waals surface area contributed by atoms with Gasteiger partial charge in [-0.3, -0.25) is 4.90 Å². The maximum Gasteiger partial charge on any atom is 0.0472 e. The molecule has 0 aromatic carbocycles. The molecule has 1 heterocycles. The third-order valence-corrected chi connectivity index (χ3v) is 2.76. The molecular formula is C11H25NO. The molecule has 2 heteroatoms. The van der Waals surface area contributed by atoms with Gasteiger partial charge in [-0.15, -0.1) is 0 Å². The summed E-state index contributed by atoms with van der Waals surface area (Å²) >= 11 is 0. The van der Waals surface area contributed by atoms with Crippen LogP contribution in [0.15, 0.2) is 0 Å². The molecule has 0 aliphatic carbocycles. The number of hydrogen-bond acceptors (Lipinski definition) is 2. The number of nitrogens with zero attached hydrogens (tertiary/aromatic N) is 1. The normalized spacial score (nSPS) is 26.8. The number of rotatable bonds is 2. The Hall–Kier alpha value is -0.0800. The zero-order chi connectivity index (χ0) is 10.5. The van der Waals surface area contributed by atoms with E-state index in [4.69, 9.17) is 5.11 Å². The first-order chi connectivity index (χ1) is 6.10. The van der Waals surface area contributed by atoms with Crippen LogP contribution >= 0.6 is 0 Å². The zero-order valence-electron chi connectivity index (χ0n) is 9.80. The van der Waals surface area contributed by atoms with Crippen molar-refractivity contribution in [3.63, 3.8) is 0 Å². The highest BCUT2D eigenvalue weighted by molar-refractivity contribution is 4.91. The van der Waals surface area contributed by atoms with Gasteiger partial charge >= 0.3 is 0 Å². The Kier molecular flexibility index (Phi) is 5.57. The predicted molar refractivity (Wildman–Crippen MR) is 57.9 cm³/mol. The van der Waals surface area contributed by atoms with Crippen LogP contribution in [0, 0.1) is 5.92 Å². The van der Waals surface area contributed by atoms with Crippen molar-refractivity contribution in [1.82, 2.24) is 4.90 Å². The molecule has 1 aliphatic heterocycles. The molecule has 0 radical (unpaired) electrons. The maximum absolute atomic E-state index is 8.98. The molecular weight excluding hydrogens is 162 g/mol. The Labute approximate surface area is 82.9 Å². The number of hydrogen-bond donors (Lipinski definition) is 1. The van der Waals surface area contributed by atoms with Crippen LogP contribution in [0.5, 0.6) is 0 Å². The van der Waals surface area contributed by atoms with E-state index in [2.05, 4.69) is 25.7 Å². The monoisotopic (exact) mass is 187 g/mol. The van der Waals surface area contributed by atoms with Crippen molar-refractivity contribution in [3.8, 4) is 0 Å². The summed E-state index contributed by atoms with van der Waals surface area (Å²) in [5, 5.41) is 8.98. The summed E-state index contributed by atoms with van der Waals surface area (Å²) in [7, 11) is 0. The maximum atomic E-state index is 8.98. The minimum absolute atomic E-state index is 0.308. The highest BCUT2D eigenvalue weighted by Crippen LogP contribution is 2.31. The van der Waals surface area contributed by atoms with Crippen LogP contribution in [-0.2, 0) is 0 Å². The summed E-state index contributed by atoms with van der Waals surface area (Å²) in [5.41, 5.74) is 0.308. The van der Waals surface area contributed by atoms with Crippen molar-refractivity contribution in [2.45, 2.75) is 46.6 Å². The minimum atomic E-state index is 0.308. The molecule has 80 valence electrons. The van der Waals surface area contributed by atoms with E-state index < -0.39 is 0 Å². The second-order valence-corrected chi connectivity index (χ2v) is 4.10. The highest BCUT2D eigenvalue weighted by Gasteiger charge is 2.36. The lowest BCUT2D eigenvalue weighted by atomic mass is 9.97. The Balaban J connectivity index is 0.000000671. The van der Waals surface area contributed by atoms with E-state index in [9.17, 15) is 0 Å². The van der Waals surface area contributed by atoms with Gasteiger partial charge in [-0.05, 0) is 32.7 Å².